The molecule has 128 valence electrons. The van der Waals surface area contributed by atoms with Gasteiger partial charge in [-0.25, -0.2) is 0 Å². The Morgan fingerprint density at radius 3 is 2.54 bits per heavy atom. The van der Waals surface area contributed by atoms with E-state index in [2.05, 4.69) is 32.6 Å². The number of thiophene rings is 1. The molecule has 0 unspecified atom stereocenters. The Bertz CT molecular complexity index is 654. The van der Waals surface area contributed by atoms with Crippen LogP contribution in [0.5, 0.6) is 0 Å². The topological polar surface area (TPSA) is 35.6 Å². The highest BCUT2D eigenvalue weighted by atomic mass is 35.5. The highest BCUT2D eigenvalue weighted by Crippen LogP contribution is 2.15. The van der Waals surface area contributed by atoms with Gasteiger partial charge in [0.15, 0.2) is 0 Å². The Hall–Kier alpha value is -1.40. The minimum Gasteiger partial charge on any atom is -0.351 e. The number of benzene rings is 1. The van der Waals surface area contributed by atoms with E-state index in [4.69, 9.17) is 11.6 Å². The van der Waals surface area contributed by atoms with Crippen LogP contribution < -0.4 is 5.32 Å². The third-order valence-corrected chi connectivity index (χ3v) is 5.46. The molecule has 24 heavy (non-hydrogen) atoms. The maximum Gasteiger partial charge on any atom is 0.234 e. The Morgan fingerprint density at radius 1 is 1.08 bits per heavy atom. The molecule has 2 aromatic rings. The lowest BCUT2D eigenvalue weighted by Gasteiger charge is -2.34. The van der Waals surface area contributed by atoms with Crippen LogP contribution in [0.4, 0.5) is 0 Å². The average Bonchev–Trinajstić information content (AvgIpc) is 3.09. The highest BCUT2D eigenvalue weighted by Gasteiger charge is 2.19. The number of nitrogens with zero attached hydrogens (tertiary/aromatic N) is 2. The van der Waals surface area contributed by atoms with Crippen molar-refractivity contribution in [3.63, 3.8) is 0 Å². The van der Waals surface area contributed by atoms with E-state index in [9.17, 15) is 4.79 Å². The van der Waals surface area contributed by atoms with Crippen LogP contribution in [-0.4, -0.2) is 48.4 Å². The molecule has 0 aliphatic carbocycles. The van der Waals surface area contributed by atoms with Crippen LogP contribution in [0.3, 0.4) is 0 Å². The summed E-state index contributed by atoms with van der Waals surface area (Å²) in [6, 6.07) is 11.9. The van der Waals surface area contributed by atoms with Crippen molar-refractivity contribution < 1.29 is 4.79 Å². The van der Waals surface area contributed by atoms with E-state index >= 15 is 0 Å². The first-order chi connectivity index (χ1) is 11.7. The smallest absolute Gasteiger partial charge is 0.234 e. The van der Waals surface area contributed by atoms with Crippen LogP contribution in [0.25, 0.3) is 0 Å². The van der Waals surface area contributed by atoms with Gasteiger partial charge >= 0.3 is 0 Å². The Morgan fingerprint density at radius 2 is 1.83 bits per heavy atom. The number of nitrogens with one attached hydrogen (secondary N) is 1. The summed E-state index contributed by atoms with van der Waals surface area (Å²) in [5.41, 5.74) is 0.952. The molecule has 1 aromatic carbocycles. The molecule has 3 rings (SSSR count). The molecule has 0 atom stereocenters. The van der Waals surface area contributed by atoms with Gasteiger partial charge in [0, 0.05) is 49.2 Å². The molecule has 0 saturated carbocycles. The molecule has 2 heterocycles. The van der Waals surface area contributed by atoms with Crippen LogP contribution in [0.1, 0.15) is 10.4 Å². The molecule has 1 aliphatic rings. The second-order valence-corrected chi connectivity index (χ2v) is 7.44. The number of hydrogen-bond donors (Lipinski definition) is 1. The normalized spacial score (nSPS) is 16.2. The summed E-state index contributed by atoms with van der Waals surface area (Å²) >= 11 is 7.91. The van der Waals surface area contributed by atoms with E-state index in [1.807, 2.05) is 24.3 Å². The Labute approximate surface area is 152 Å². The monoisotopic (exact) mass is 363 g/mol. The fourth-order valence-corrected chi connectivity index (χ4v) is 3.77. The number of carbonyl (C=O) groups is 1. The van der Waals surface area contributed by atoms with Crippen molar-refractivity contribution in [1.29, 1.82) is 0 Å². The zero-order chi connectivity index (χ0) is 16.8. The SMILES string of the molecule is O=C(CN1CCN(Cc2cccs2)CC1)NCc1ccccc1Cl. The molecule has 1 fully saturated rings. The number of halogens is 1. The molecule has 1 saturated heterocycles. The van der Waals surface area contributed by atoms with E-state index < -0.39 is 0 Å². The second-order valence-electron chi connectivity index (χ2n) is 6.00. The van der Waals surface area contributed by atoms with Crippen LogP contribution in [0.15, 0.2) is 41.8 Å². The summed E-state index contributed by atoms with van der Waals surface area (Å²) in [5.74, 6) is 0.0571. The summed E-state index contributed by atoms with van der Waals surface area (Å²) in [5, 5.41) is 5.77. The molecule has 6 heteroatoms. The Balaban J connectivity index is 1.38. The van der Waals surface area contributed by atoms with E-state index in [0.717, 1.165) is 38.3 Å². The Kier molecular flexibility index (Phi) is 6.26. The lowest BCUT2D eigenvalue weighted by molar-refractivity contribution is -0.122. The number of hydrogen-bond acceptors (Lipinski definition) is 4. The van der Waals surface area contributed by atoms with Gasteiger partial charge in [-0.1, -0.05) is 35.9 Å². The minimum atomic E-state index is 0.0571. The predicted octanol–water partition coefficient (Wildman–Crippen LogP) is 2.84. The largest absolute Gasteiger partial charge is 0.351 e. The first-order valence-electron chi connectivity index (χ1n) is 8.18. The lowest BCUT2D eigenvalue weighted by Crippen LogP contribution is -2.48. The summed E-state index contributed by atoms with van der Waals surface area (Å²) in [6.07, 6.45) is 0. The molecule has 1 amide bonds. The van der Waals surface area contributed by atoms with Crippen LogP contribution in [-0.2, 0) is 17.9 Å². The highest BCUT2D eigenvalue weighted by molar-refractivity contribution is 7.09. The van der Waals surface area contributed by atoms with E-state index in [-0.39, 0.29) is 5.91 Å². The number of carbonyl (C=O) groups excluding carboxylic acids is 1. The van der Waals surface area contributed by atoms with E-state index in [1.54, 1.807) is 11.3 Å². The minimum absolute atomic E-state index is 0.0571. The summed E-state index contributed by atoms with van der Waals surface area (Å²) < 4.78 is 0. The number of rotatable bonds is 6. The van der Waals surface area contributed by atoms with Gasteiger partial charge in [-0.05, 0) is 23.1 Å². The zero-order valence-corrected chi connectivity index (χ0v) is 15.2. The number of piperazine rings is 1. The summed E-state index contributed by atoms with van der Waals surface area (Å²) in [4.78, 5) is 18.2. The molecule has 4 nitrogen and oxygen atoms in total. The van der Waals surface area contributed by atoms with Crippen molar-refractivity contribution in [3.8, 4) is 0 Å². The van der Waals surface area contributed by atoms with Gasteiger partial charge in [-0.2, -0.15) is 0 Å². The van der Waals surface area contributed by atoms with Gasteiger partial charge in [0.1, 0.15) is 0 Å². The van der Waals surface area contributed by atoms with Crippen molar-refractivity contribution in [2.45, 2.75) is 13.1 Å². The van der Waals surface area contributed by atoms with Gasteiger partial charge in [-0.15, -0.1) is 11.3 Å². The summed E-state index contributed by atoms with van der Waals surface area (Å²) in [7, 11) is 0. The maximum atomic E-state index is 12.1. The van der Waals surface area contributed by atoms with Gasteiger partial charge < -0.3 is 5.32 Å². The number of amides is 1. The van der Waals surface area contributed by atoms with Crippen LogP contribution in [0.2, 0.25) is 5.02 Å². The van der Waals surface area contributed by atoms with Crippen molar-refractivity contribution in [1.82, 2.24) is 15.1 Å². The molecule has 0 bridgehead atoms. The van der Waals surface area contributed by atoms with Crippen molar-refractivity contribution >= 4 is 28.8 Å². The third-order valence-electron chi connectivity index (χ3n) is 4.23. The van der Waals surface area contributed by atoms with Gasteiger partial charge in [0.05, 0.1) is 6.54 Å². The fourth-order valence-electron chi connectivity index (χ4n) is 2.82. The molecule has 0 spiro atoms. The summed E-state index contributed by atoms with van der Waals surface area (Å²) in [6.45, 7) is 5.85. The van der Waals surface area contributed by atoms with E-state index in [1.165, 1.54) is 4.88 Å². The molecular weight excluding hydrogens is 342 g/mol. The second kappa shape index (κ2) is 8.62. The molecule has 0 radical (unpaired) electrons. The van der Waals surface area contributed by atoms with Gasteiger partial charge in [0.2, 0.25) is 5.91 Å². The van der Waals surface area contributed by atoms with Crippen molar-refractivity contribution in [2.75, 3.05) is 32.7 Å². The molecular formula is C18H22ClN3OS. The molecule has 1 aromatic heterocycles. The van der Waals surface area contributed by atoms with Gasteiger partial charge in [-0.3, -0.25) is 14.6 Å². The fraction of sp³-hybridized carbons (Fsp3) is 0.389. The first kappa shape index (κ1) is 17.4. The zero-order valence-electron chi connectivity index (χ0n) is 13.6. The first-order valence-corrected chi connectivity index (χ1v) is 9.43. The third kappa shape index (κ3) is 5.05. The van der Waals surface area contributed by atoms with Crippen LogP contribution in [0, 0.1) is 0 Å². The quantitative estimate of drug-likeness (QED) is 0.857. The van der Waals surface area contributed by atoms with Crippen molar-refractivity contribution in [3.05, 3.63) is 57.2 Å². The standard InChI is InChI=1S/C18H22ClN3OS/c19-17-6-2-1-4-15(17)12-20-18(23)14-22-9-7-21(8-10-22)13-16-5-3-11-24-16/h1-6,11H,7-10,12-14H2,(H,20,23). The maximum absolute atomic E-state index is 12.1. The van der Waals surface area contributed by atoms with Crippen molar-refractivity contribution in [2.24, 2.45) is 0 Å². The van der Waals surface area contributed by atoms with E-state index in [0.29, 0.717) is 18.1 Å². The van der Waals surface area contributed by atoms with Crippen LogP contribution >= 0.6 is 22.9 Å². The van der Waals surface area contributed by atoms with Gasteiger partial charge in [0.25, 0.3) is 0 Å². The predicted molar refractivity (Wildman–Crippen MR) is 99.3 cm³/mol. The average molecular weight is 364 g/mol. The molecule has 1 aliphatic heterocycles. The lowest BCUT2D eigenvalue weighted by atomic mass is 10.2. The molecule has 1 N–H and O–H groups in total.